The van der Waals surface area contributed by atoms with E-state index in [1.165, 1.54) is 60.4 Å². The van der Waals surface area contributed by atoms with Crippen LogP contribution in [-0.2, 0) is 0 Å². The van der Waals surface area contributed by atoms with Crippen molar-refractivity contribution in [1.29, 1.82) is 0 Å². The van der Waals surface area contributed by atoms with Gasteiger partial charge in [-0.2, -0.15) is 0 Å². The van der Waals surface area contributed by atoms with Gasteiger partial charge in [0.15, 0.2) is 0 Å². The fourth-order valence-corrected chi connectivity index (χ4v) is 9.51. The third-order valence-corrected chi connectivity index (χ3v) is 12.0. The monoisotopic (exact) mass is 694 g/mol. The Kier molecular flexibility index (Phi) is 10.4. The summed E-state index contributed by atoms with van der Waals surface area (Å²) in [4.78, 5) is 0. The van der Waals surface area contributed by atoms with Gasteiger partial charge in [-0.25, -0.2) is 0 Å². The minimum atomic E-state index is -0.897. The van der Waals surface area contributed by atoms with Crippen molar-refractivity contribution in [3.63, 3.8) is 0 Å². The fourth-order valence-electron chi connectivity index (χ4n) is 7.05. The van der Waals surface area contributed by atoms with Crippen molar-refractivity contribution < 1.29 is 0 Å². The van der Waals surface area contributed by atoms with E-state index in [-0.39, 0.29) is 0 Å². The standard InChI is InChI=1S/C52H39P/c1-7-22-40(23-8-1)38-49(42-26-11-3-12-27-42)46-35-21-36-47(50(43-28-13-4-14-29-43)39-41-24-9-2-10-25-41)52(46)48-34-19-20-37-51(48)53(44-30-15-5-16-31-44)45-32-17-6-18-33-45/h1-39H/b49-38+,50-39+. The fraction of sp³-hybridized carbons (Fsp3) is 0. The highest BCUT2D eigenvalue weighted by Gasteiger charge is 2.25. The zero-order valence-corrected chi connectivity index (χ0v) is 30.4. The lowest BCUT2D eigenvalue weighted by molar-refractivity contribution is 1.49. The average Bonchev–Trinajstić information content (AvgIpc) is 3.24. The highest BCUT2D eigenvalue weighted by atomic mass is 31.1. The molecule has 0 unspecified atom stereocenters. The second kappa shape index (κ2) is 16.3. The number of hydrogen-bond donors (Lipinski definition) is 0. The van der Waals surface area contributed by atoms with Crippen LogP contribution in [-0.4, -0.2) is 0 Å². The lowest BCUT2D eigenvalue weighted by Gasteiger charge is -2.26. The Bertz CT molecular complexity index is 2300. The Morgan fingerprint density at radius 1 is 0.321 bits per heavy atom. The lowest BCUT2D eigenvalue weighted by Crippen LogP contribution is -2.22. The first-order valence-electron chi connectivity index (χ1n) is 18.1. The molecular formula is C52H39P. The van der Waals surface area contributed by atoms with Gasteiger partial charge in [-0.15, -0.1) is 0 Å². The van der Waals surface area contributed by atoms with E-state index in [4.69, 9.17) is 0 Å². The second-order valence-corrected chi connectivity index (χ2v) is 15.1. The molecule has 8 rings (SSSR count). The van der Waals surface area contributed by atoms with E-state index in [1.54, 1.807) is 0 Å². The Morgan fingerprint density at radius 3 is 1.11 bits per heavy atom. The van der Waals surface area contributed by atoms with Gasteiger partial charge in [-0.3, -0.25) is 0 Å². The molecule has 0 aliphatic carbocycles. The van der Waals surface area contributed by atoms with Gasteiger partial charge in [0.2, 0.25) is 0 Å². The van der Waals surface area contributed by atoms with E-state index < -0.39 is 7.92 Å². The van der Waals surface area contributed by atoms with Gasteiger partial charge in [0.05, 0.1) is 0 Å². The molecule has 0 spiro atoms. The van der Waals surface area contributed by atoms with Crippen LogP contribution in [0.2, 0.25) is 0 Å². The van der Waals surface area contributed by atoms with Crippen LogP contribution in [0.5, 0.6) is 0 Å². The summed E-state index contributed by atoms with van der Waals surface area (Å²) >= 11 is 0. The molecule has 0 saturated heterocycles. The molecule has 8 aromatic carbocycles. The van der Waals surface area contributed by atoms with Crippen LogP contribution < -0.4 is 15.9 Å². The molecular weight excluding hydrogens is 656 g/mol. The maximum absolute atomic E-state index is 2.35. The number of hydrogen-bond acceptors (Lipinski definition) is 0. The molecule has 0 aliphatic heterocycles. The highest BCUT2D eigenvalue weighted by Crippen LogP contribution is 2.44. The molecule has 53 heavy (non-hydrogen) atoms. The molecule has 0 saturated carbocycles. The van der Waals surface area contributed by atoms with Crippen molar-refractivity contribution in [1.82, 2.24) is 0 Å². The third kappa shape index (κ3) is 7.65. The summed E-state index contributed by atoms with van der Waals surface area (Å²) in [5.41, 5.74) is 11.9. The van der Waals surface area contributed by atoms with Gasteiger partial charge in [0.25, 0.3) is 0 Å². The molecule has 0 radical (unpaired) electrons. The van der Waals surface area contributed by atoms with Crippen molar-refractivity contribution in [2.24, 2.45) is 0 Å². The Hall–Kier alpha value is -6.33. The summed E-state index contributed by atoms with van der Waals surface area (Å²) in [5, 5.41) is 3.98. The molecule has 0 aliphatic rings. The lowest BCUT2D eigenvalue weighted by atomic mass is 9.82. The molecule has 0 heterocycles. The summed E-state index contributed by atoms with van der Waals surface area (Å²) in [6.07, 6.45) is 4.70. The average molecular weight is 695 g/mol. The van der Waals surface area contributed by atoms with Gasteiger partial charge in [0.1, 0.15) is 0 Å². The molecule has 8 aromatic rings. The van der Waals surface area contributed by atoms with E-state index in [0.717, 1.165) is 11.1 Å². The van der Waals surface area contributed by atoms with Crippen molar-refractivity contribution >= 4 is 47.1 Å². The molecule has 0 amide bonds. The summed E-state index contributed by atoms with van der Waals surface area (Å²) < 4.78 is 0. The second-order valence-electron chi connectivity index (χ2n) is 12.9. The highest BCUT2D eigenvalue weighted by molar-refractivity contribution is 7.80. The van der Waals surface area contributed by atoms with Crippen molar-refractivity contribution in [2.45, 2.75) is 0 Å². The number of benzene rings is 8. The summed E-state index contributed by atoms with van der Waals surface area (Å²) in [7, 11) is -0.897. The van der Waals surface area contributed by atoms with E-state index in [1.807, 2.05) is 0 Å². The largest absolute Gasteiger partial charge is 0.0622 e. The van der Waals surface area contributed by atoms with E-state index in [9.17, 15) is 0 Å². The van der Waals surface area contributed by atoms with Crippen LogP contribution in [0, 0.1) is 0 Å². The molecule has 1 heteroatoms. The molecule has 252 valence electrons. The topological polar surface area (TPSA) is 0 Å². The van der Waals surface area contributed by atoms with Crippen LogP contribution in [0.4, 0.5) is 0 Å². The van der Waals surface area contributed by atoms with Gasteiger partial charge in [0, 0.05) is 0 Å². The van der Waals surface area contributed by atoms with E-state index >= 15 is 0 Å². The summed E-state index contributed by atoms with van der Waals surface area (Å²) in [5.74, 6) is 0. The molecule has 0 bridgehead atoms. The quantitative estimate of drug-likeness (QED) is 0.0987. The van der Waals surface area contributed by atoms with Crippen molar-refractivity contribution in [3.8, 4) is 11.1 Å². The van der Waals surface area contributed by atoms with Crippen LogP contribution in [0.3, 0.4) is 0 Å². The van der Waals surface area contributed by atoms with Gasteiger partial charge >= 0.3 is 0 Å². The zero-order valence-electron chi connectivity index (χ0n) is 29.5. The number of rotatable bonds is 10. The Balaban J connectivity index is 1.49. The van der Waals surface area contributed by atoms with Crippen LogP contribution >= 0.6 is 7.92 Å². The van der Waals surface area contributed by atoms with Crippen LogP contribution in [0.15, 0.2) is 224 Å². The van der Waals surface area contributed by atoms with Gasteiger partial charge < -0.3 is 0 Å². The van der Waals surface area contributed by atoms with Gasteiger partial charge in [-0.1, -0.05) is 224 Å². The van der Waals surface area contributed by atoms with Crippen LogP contribution in [0.1, 0.15) is 33.4 Å². The minimum absolute atomic E-state index is 0.897. The van der Waals surface area contributed by atoms with Crippen molar-refractivity contribution in [3.05, 3.63) is 258 Å². The Morgan fingerprint density at radius 2 is 0.679 bits per heavy atom. The minimum Gasteiger partial charge on any atom is -0.0622 e. The summed E-state index contributed by atoms with van der Waals surface area (Å²) in [6, 6.07) is 81.1. The SMILES string of the molecule is C(=C(/c1ccccc1)c1cccc(/C(=C/c2ccccc2)c2ccccc2)c1-c1ccccc1P(c1ccccc1)c1ccccc1)/c1ccccc1. The zero-order chi connectivity index (χ0) is 35.7. The molecule has 0 fully saturated rings. The van der Waals surface area contributed by atoms with Gasteiger partial charge in [-0.05, 0) is 91.6 Å². The molecule has 0 N–H and O–H groups in total. The maximum Gasteiger partial charge on any atom is -0.00197 e. The normalized spacial score (nSPS) is 11.8. The first-order chi connectivity index (χ1) is 26.3. The molecule has 0 aromatic heterocycles. The predicted molar refractivity (Wildman–Crippen MR) is 230 cm³/mol. The first-order valence-corrected chi connectivity index (χ1v) is 19.5. The predicted octanol–water partition coefficient (Wildman–Crippen LogP) is 12.3. The summed E-state index contributed by atoms with van der Waals surface area (Å²) in [6.45, 7) is 0. The molecule has 0 nitrogen and oxygen atoms in total. The van der Waals surface area contributed by atoms with E-state index in [2.05, 4.69) is 237 Å². The first kappa shape index (κ1) is 33.8. The smallest absolute Gasteiger partial charge is 0.00197 e. The maximum atomic E-state index is 2.35. The Labute approximate surface area is 314 Å². The molecule has 0 atom stereocenters. The van der Waals surface area contributed by atoms with E-state index in [0.29, 0.717) is 0 Å². The van der Waals surface area contributed by atoms with Crippen LogP contribution in [0.25, 0.3) is 34.4 Å². The van der Waals surface area contributed by atoms with Crippen molar-refractivity contribution in [2.75, 3.05) is 0 Å². The third-order valence-electron chi connectivity index (χ3n) is 9.48.